The predicted octanol–water partition coefficient (Wildman–Crippen LogP) is 6.27. The Bertz CT molecular complexity index is 841. The zero-order valence-electron chi connectivity index (χ0n) is 15.6. The van der Waals surface area contributed by atoms with Crippen LogP contribution in [0, 0.1) is 0 Å². The lowest BCUT2D eigenvalue weighted by Gasteiger charge is -2.15. The number of ether oxygens (including phenoxy) is 2. The molecule has 26 heavy (non-hydrogen) atoms. The highest BCUT2D eigenvalue weighted by Gasteiger charge is 2.17. The third-order valence-corrected chi connectivity index (χ3v) is 4.74. The molecule has 0 unspecified atom stereocenters. The summed E-state index contributed by atoms with van der Waals surface area (Å²) in [6.45, 7) is 2.19. The molecule has 3 aromatic carbocycles. The van der Waals surface area contributed by atoms with Crippen molar-refractivity contribution < 1.29 is 14.3 Å². The van der Waals surface area contributed by atoms with E-state index in [0.29, 0.717) is 12.2 Å². The maximum Gasteiger partial charge on any atom is 0.311 e. The van der Waals surface area contributed by atoms with Crippen LogP contribution in [0.3, 0.4) is 0 Å². The van der Waals surface area contributed by atoms with Gasteiger partial charge in [-0.2, -0.15) is 0 Å². The number of carbonyl (C=O) groups excluding carboxylic acids is 1. The smallest absolute Gasteiger partial charge is 0.311 e. The fourth-order valence-electron chi connectivity index (χ4n) is 3.42. The van der Waals surface area contributed by atoms with Gasteiger partial charge in [-0.05, 0) is 6.42 Å². The molecule has 0 atom stereocenters. The van der Waals surface area contributed by atoms with E-state index in [1.165, 1.54) is 19.3 Å². The monoisotopic (exact) mass is 350 g/mol. The summed E-state index contributed by atoms with van der Waals surface area (Å²) in [4.78, 5) is 12.4. The van der Waals surface area contributed by atoms with E-state index in [1.54, 1.807) is 7.11 Å². The first-order valence-corrected chi connectivity index (χ1v) is 9.44. The van der Waals surface area contributed by atoms with Crippen LogP contribution in [0.4, 0.5) is 0 Å². The molecule has 0 bridgehead atoms. The van der Waals surface area contributed by atoms with Crippen LogP contribution in [-0.2, 0) is 4.79 Å². The van der Waals surface area contributed by atoms with Gasteiger partial charge in [0.1, 0.15) is 11.5 Å². The quantitative estimate of drug-likeness (QED) is 0.208. The number of esters is 1. The lowest BCUT2D eigenvalue weighted by Crippen LogP contribution is -2.08. The van der Waals surface area contributed by atoms with Gasteiger partial charge in [-0.15, -0.1) is 0 Å². The Morgan fingerprint density at radius 3 is 1.77 bits per heavy atom. The van der Waals surface area contributed by atoms with Crippen molar-refractivity contribution in [3.05, 3.63) is 48.5 Å². The van der Waals surface area contributed by atoms with Crippen molar-refractivity contribution in [1.82, 2.24) is 0 Å². The number of carbonyl (C=O) groups is 1. The van der Waals surface area contributed by atoms with Crippen molar-refractivity contribution >= 4 is 27.5 Å². The number of hydrogen-bond donors (Lipinski definition) is 0. The molecular weight excluding hydrogens is 324 g/mol. The molecule has 0 radical (unpaired) electrons. The van der Waals surface area contributed by atoms with Crippen molar-refractivity contribution in [3.8, 4) is 11.5 Å². The van der Waals surface area contributed by atoms with Crippen molar-refractivity contribution in [2.45, 2.75) is 45.4 Å². The Balaban J connectivity index is 1.93. The summed E-state index contributed by atoms with van der Waals surface area (Å²) in [5.74, 6) is 1.29. The summed E-state index contributed by atoms with van der Waals surface area (Å²) in [5.41, 5.74) is 0. The van der Waals surface area contributed by atoms with E-state index in [0.717, 1.165) is 40.1 Å². The Morgan fingerprint density at radius 1 is 0.769 bits per heavy atom. The maximum absolute atomic E-state index is 12.4. The molecule has 3 heteroatoms. The fraction of sp³-hybridized carbons (Fsp3) is 0.348. The molecule has 0 fully saturated rings. The van der Waals surface area contributed by atoms with Crippen LogP contribution in [0.15, 0.2) is 48.5 Å². The Kier molecular flexibility index (Phi) is 6.11. The largest absolute Gasteiger partial charge is 0.495 e. The molecule has 0 amide bonds. The first-order valence-electron chi connectivity index (χ1n) is 9.44. The average Bonchev–Trinajstić information content (AvgIpc) is 2.68. The Morgan fingerprint density at radius 2 is 1.27 bits per heavy atom. The minimum atomic E-state index is -0.165. The number of benzene rings is 3. The number of fused-ring (bicyclic) bond motifs is 2. The lowest BCUT2D eigenvalue weighted by atomic mass is 10.0. The Hall–Kier alpha value is -2.55. The van der Waals surface area contributed by atoms with Crippen LogP contribution in [0.25, 0.3) is 21.5 Å². The summed E-state index contributed by atoms with van der Waals surface area (Å²) in [6, 6.07) is 15.8. The molecule has 0 aliphatic carbocycles. The van der Waals surface area contributed by atoms with Gasteiger partial charge in [-0.3, -0.25) is 4.79 Å². The van der Waals surface area contributed by atoms with E-state index in [4.69, 9.17) is 9.47 Å². The maximum atomic E-state index is 12.4. The SMILES string of the molecule is CCCCCCCC(=O)Oc1c2ccccc2c(OC)c2ccccc12. The second-order valence-electron chi connectivity index (χ2n) is 6.59. The average molecular weight is 350 g/mol. The third kappa shape index (κ3) is 3.82. The third-order valence-electron chi connectivity index (χ3n) is 4.74. The van der Waals surface area contributed by atoms with E-state index in [1.807, 2.05) is 48.5 Å². The molecule has 0 aliphatic heterocycles. The minimum absolute atomic E-state index is 0.165. The van der Waals surface area contributed by atoms with Crippen molar-refractivity contribution in [1.29, 1.82) is 0 Å². The van der Waals surface area contributed by atoms with Gasteiger partial charge in [0.05, 0.1) is 7.11 Å². The van der Waals surface area contributed by atoms with Gasteiger partial charge in [-0.25, -0.2) is 0 Å². The van der Waals surface area contributed by atoms with E-state index in [2.05, 4.69) is 6.92 Å². The minimum Gasteiger partial charge on any atom is -0.495 e. The highest BCUT2D eigenvalue weighted by molar-refractivity contribution is 6.11. The topological polar surface area (TPSA) is 35.5 Å². The van der Waals surface area contributed by atoms with E-state index in [-0.39, 0.29) is 5.97 Å². The number of rotatable bonds is 8. The van der Waals surface area contributed by atoms with E-state index in [9.17, 15) is 4.79 Å². The second kappa shape index (κ2) is 8.70. The first-order chi connectivity index (χ1) is 12.8. The summed E-state index contributed by atoms with van der Waals surface area (Å²) in [7, 11) is 1.68. The standard InChI is InChI=1S/C23H26O3/c1-3-4-5-6-7-16-21(24)26-23-19-14-10-8-12-17(19)22(25-2)18-13-9-11-15-20(18)23/h8-15H,3-7,16H2,1-2H3. The molecule has 0 saturated heterocycles. The molecule has 0 spiro atoms. The zero-order chi connectivity index (χ0) is 18.4. The molecule has 0 aromatic heterocycles. The highest BCUT2D eigenvalue weighted by atomic mass is 16.5. The molecule has 0 N–H and O–H groups in total. The van der Waals surface area contributed by atoms with Gasteiger partial charge in [0.25, 0.3) is 0 Å². The predicted molar refractivity (Wildman–Crippen MR) is 107 cm³/mol. The van der Waals surface area contributed by atoms with E-state index >= 15 is 0 Å². The highest BCUT2D eigenvalue weighted by Crippen LogP contribution is 2.42. The number of unbranched alkanes of at least 4 members (excludes halogenated alkanes) is 4. The van der Waals surface area contributed by atoms with Crippen LogP contribution >= 0.6 is 0 Å². The van der Waals surface area contributed by atoms with Gasteiger partial charge in [0.15, 0.2) is 0 Å². The van der Waals surface area contributed by atoms with Gasteiger partial charge >= 0.3 is 5.97 Å². The zero-order valence-corrected chi connectivity index (χ0v) is 15.6. The molecule has 136 valence electrons. The van der Waals surface area contributed by atoms with Crippen molar-refractivity contribution in [2.24, 2.45) is 0 Å². The lowest BCUT2D eigenvalue weighted by molar-refractivity contribution is -0.134. The molecular formula is C23H26O3. The van der Waals surface area contributed by atoms with Crippen LogP contribution in [0.1, 0.15) is 45.4 Å². The molecule has 3 nitrogen and oxygen atoms in total. The molecule has 3 aromatic rings. The summed E-state index contributed by atoms with van der Waals surface area (Å²) < 4.78 is 11.5. The molecule has 0 saturated carbocycles. The first kappa shape index (κ1) is 18.2. The van der Waals surface area contributed by atoms with Gasteiger partial charge < -0.3 is 9.47 Å². The van der Waals surface area contributed by atoms with Crippen LogP contribution in [0.5, 0.6) is 11.5 Å². The van der Waals surface area contributed by atoms with Crippen molar-refractivity contribution in [2.75, 3.05) is 7.11 Å². The van der Waals surface area contributed by atoms with Crippen LogP contribution in [-0.4, -0.2) is 13.1 Å². The fourth-order valence-corrected chi connectivity index (χ4v) is 3.42. The molecule has 0 aliphatic rings. The summed E-state index contributed by atoms with van der Waals surface area (Å²) in [5, 5.41) is 3.73. The summed E-state index contributed by atoms with van der Waals surface area (Å²) in [6.07, 6.45) is 6.02. The summed E-state index contributed by atoms with van der Waals surface area (Å²) >= 11 is 0. The van der Waals surface area contributed by atoms with Crippen LogP contribution < -0.4 is 9.47 Å². The van der Waals surface area contributed by atoms with Gasteiger partial charge in [0.2, 0.25) is 0 Å². The molecule has 3 rings (SSSR count). The number of methoxy groups -OCH3 is 1. The van der Waals surface area contributed by atoms with Gasteiger partial charge in [-0.1, -0.05) is 81.1 Å². The van der Waals surface area contributed by atoms with Crippen LogP contribution in [0.2, 0.25) is 0 Å². The molecule has 0 heterocycles. The second-order valence-corrected chi connectivity index (χ2v) is 6.59. The Labute approximate surface area is 154 Å². The normalized spacial score (nSPS) is 11.0. The van der Waals surface area contributed by atoms with E-state index < -0.39 is 0 Å². The number of hydrogen-bond acceptors (Lipinski definition) is 3. The van der Waals surface area contributed by atoms with Gasteiger partial charge in [0, 0.05) is 28.0 Å². The van der Waals surface area contributed by atoms with Crippen molar-refractivity contribution in [3.63, 3.8) is 0 Å².